The van der Waals surface area contributed by atoms with E-state index in [-0.39, 0.29) is 0 Å². The molecule has 0 fully saturated rings. The summed E-state index contributed by atoms with van der Waals surface area (Å²) in [5.41, 5.74) is 3.48. The topological polar surface area (TPSA) is 0 Å². The van der Waals surface area contributed by atoms with Gasteiger partial charge in [0, 0.05) is 0 Å². The van der Waals surface area contributed by atoms with Crippen LogP contribution < -0.4 is 0 Å². The van der Waals surface area contributed by atoms with E-state index in [4.69, 9.17) is 0 Å². The zero-order valence-electron chi connectivity index (χ0n) is 14.8. The monoisotopic (exact) mass is 278 g/mol. The van der Waals surface area contributed by atoms with E-state index in [9.17, 15) is 0 Å². The molecule has 0 radical (unpaired) electrons. The molecule has 0 N–H and O–H groups in total. The normalized spacial score (nSPS) is 30.1. The highest BCUT2D eigenvalue weighted by molar-refractivity contribution is 5.12. The molecule has 1 aliphatic carbocycles. The second-order valence-corrected chi connectivity index (χ2v) is 7.41. The summed E-state index contributed by atoms with van der Waals surface area (Å²) in [5, 5.41) is 0. The van der Waals surface area contributed by atoms with Gasteiger partial charge in [0.05, 0.1) is 0 Å². The fraction of sp³-hybridized carbons (Fsp3) is 0.900. The van der Waals surface area contributed by atoms with Gasteiger partial charge in [0.2, 0.25) is 0 Å². The number of unbranched alkanes of at least 4 members (excludes halogenated alkanes) is 1. The van der Waals surface area contributed by atoms with E-state index in [1.54, 1.807) is 11.1 Å². The Morgan fingerprint density at radius 1 is 1.10 bits per heavy atom. The molecule has 0 saturated carbocycles. The van der Waals surface area contributed by atoms with E-state index >= 15 is 0 Å². The summed E-state index contributed by atoms with van der Waals surface area (Å²) in [4.78, 5) is 0. The molecule has 0 heteroatoms. The van der Waals surface area contributed by atoms with Gasteiger partial charge in [-0.2, -0.15) is 0 Å². The van der Waals surface area contributed by atoms with Crippen molar-refractivity contribution in [2.24, 2.45) is 17.8 Å². The maximum atomic E-state index is 2.52. The van der Waals surface area contributed by atoms with Crippen LogP contribution in [0.1, 0.15) is 98.8 Å². The van der Waals surface area contributed by atoms with Crippen molar-refractivity contribution in [3.63, 3.8) is 0 Å². The maximum absolute atomic E-state index is 2.52. The van der Waals surface area contributed by atoms with E-state index in [0.717, 1.165) is 17.8 Å². The molecule has 0 spiro atoms. The molecule has 3 unspecified atom stereocenters. The summed E-state index contributed by atoms with van der Waals surface area (Å²) in [5.74, 6) is 2.77. The van der Waals surface area contributed by atoms with Gasteiger partial charge in [0.15, 0.2) is 0 Å². The molecule has 0 aromatic heterocycles. The summed E-state index contributed by atoms with van der Waals surface area (Å²) in [7, 11) is 0. The van der Waals surface area contributed by atoms with Gasteiger partial charge in [0.25, 0.3) is 0 Å². The smallest absolute Gasteiger partial charge is 0.0292 e. The van der Waals surface area contributed by atoms with E-state index in [2.05, 4.69) is 34.6 Å². The molecular weight excluding hydrogens is 240 g/mol. The lowest BCUT2D eigenvalue weighted by Crippen LogP contribution is -2.16. The molecule has 118 valence electrons. The first-order valence-corrected chi connectivity index (χ1v) is 9.25. The summed E-state index contributed by atoms with van der Waals surface area (Å²) < 4.78 is 0. The summed E-state index contributed by atoms with van der Waals surface area (Å²) in [6.45, 7) is 12.1. The lowest BCUT2D eigenvalue weighted by atomic mass is 9.78. The summed E-state index contributed by atoms with van der Waals surface area (Å²) in [6.07, 6.45) is 14.0. The third-order valence-corrected chi connectivity index (χ3v) is 5.52. The Hall–Kier alpha value is -0.260. The highest BCUT2D eigenvalue weighted by Gasteiger charge is 2.21. The standard InChI is InChI=1S/C20H38/c1-6-8-12-20-14-16(3)11-9-10-13-19(7-2)17(4)15-18(20)5/h16,18,20H,6-15H2,1-5H3. The van der Waals surface area contributed by atoms with Crippen LogP contribution in [0.3, 0.4) is 0 Å². The van der Waals surface area contributed by atoms with Gasteiger partial charge in [0.1, 0.15) is 0 Å². The Bertz CT molecular complexity index is 286. The number of rotatable bonds is 4. The highest BCUT2D eigenvalue weighted by Crippen LogP contribution is 2.34. The van der Waals surface area contributed by atoms with Crippen LogP contribution >= 0.6 is 0 Å². The first kappa shape index (κ1) is 17.8. The lowest BCUT2D eigenvalue weighted by Gasteiger charge is -2.27. The van der Waals surface area contributed by atoms with Crippen molar-refractivity contribution in [2.75, 3.05) is 0 Å². The van der Waals surface area contributed by atoms with Crippen LogP contribution in [0.2, 0.25) is 0 Å². The van der Waals surface area contributed by atoms with Crippen molar-refractivity contribution in [1.29, 1.82) is 0 Å². The average molecular weight is 279 g/mol. The van der Waals surface area contributed by atoms with Gasteiger partial charge >= 0.3 is 0 Å². The second-order valence-electron chi connectivity index (χ2n) is 7.41. The van der Waals surface area contributed by atoms with Gasteiger partial charge in [-0.05, 0) is 56.8 Å². The van der Waals surface area contributed by atoms with Crippen LogP contribution in [0.4, 0.5) is 0 Å². The Morgan fingerprint density at radius 3 is 2.50 bits per heavy atom. The summed E-state index contributed by atoms with van der Waals surface area (Å²) >= 11 is 0. The Balaban J connectivity index is 2.78. The van der Waals surface area contributed by atoms with Gasteiger partial charge in [-0.15, -0.1) is 0 Å². The molecule has 0 heterocycles. The fourth-order valence-corrected chi connectivity index (χ4v) is 4.05. The Kier molecular flexibility index (Phi) is 8.57. The second kappa shape index (κ2) is 9.64. The first-order chi connectivity index (χ1) is 9.58. The van der Waals surface area contributed by atoms with Crippen LogP contribution in [0.25, 0.3) is 0 Å². The van der Waals surface area contributed by atoms with E-state index in [1.807, 2.05) is 0 Å². The van der Waals surface area contributed by atoms with Crippen LogP contribution in [0, 0.1) is 17.8 Å². The van der Waals surface area contributed by atoms with Crippen LogP contribution in [0.5, 0.6) is 0 Å². The molecule has 0 aliphatic heterocycles. The molecule has 0 nitrogen and oxygen atoms in total. The summed E-state index contributed by atoms with van der Waals surface area (Å²) in [6, 6.07) is 0. The molecule has 1 aliphatic rings. The minimum Gasteiger partial charge on any atom is -0.0739 e. The zero-order valence-corrected chi connectivity index (χ0v) is 14.8. The van der Waals surface area contributed by atoms with Gasteiger partial charge in [-0.1, -0.05) is 70.9 Å². The highest BCUT2D eigenvalue weighted by atomic mass is 14.3. The third kappa shape index (κ3) is 6.02. The van der Waals surface area contributed by atoms with Crippen molar-refractivity contribution in [3.05, 3.63) is 11.1 Å². The molecule has 20 heavy (non-hydrogen) atoms. The predicted molar refractivity (Wildman–Crippen MR) is 92.0 cm³/mol. The average Bonchev–Trinajstić information content (AvgIpc) is 2.44. The van der Waals surface area contributed by atoms with Gasteiger partial charge in [-0.3, -0.25) is 0 Å². The third-order valence-electron chi connectivity index (χ3n) is 5.52. The van der Waals surface area contributed by atoms with Crippen molar-refractivity contribution in [3.8, 4) is 0 Å². The molecular formula is C20H38. The SMILES string of the molecule is CCCCC1CC(C)CCCCC(CC)=C(C)CC1C. The van der Waals surface area contributed by atoms with Crippen LogP contribution in [0.15, 0.2) is 11.1 Å². The molecule has 0 amide bonds. The molecule has 0 aromatic carbocycles. The largest absolute Gasteiger partial charge is 0.0739 e. The zero-order chi connectivity index (χ0) is 15.0. The van der Waals surface area contributed by atoms with Crippen molar-refractivity contribution in [1.82, 2.24) is 0 Å². The molecule has 3 atom stereocenters. The van der Waals surface area contributed by atoms with E-state index in [1.165, 1.54) is 64.2 Å². The van der Waals surface area contributed by atoms with Crippen molar-refractivity contribution < 1.29 is 0 Å². The van der Waals surface area contributed by atoms with Crippen molar-refractivity contribution >= 4 is 0 Å². The number of allylic oxidation sites excluding steroid dienone is 2. The lowest BCUT2D eigenvalue weighted by molar-refractivity contribution is 0.259. The molecule has 0 saturated heterocycles. The van der Waals surface area contributed by atoms with Crippen molar-refractivity contribution in [2.45, 2.75) is 98.8 Å². The number of hydrogen-bond acceptors (Lipinski definition) is 0. The minimum atomic E-state index is 0.878. The quantitative estimate of drug-likeness (QED) is 0.479. The first-order valence-electron chi connectivity index (χ1n) is 9.25. The van der Waals surface area contributed by atoms with E-state index in [0.29, 0.717) is 0 Å². The van der Waals surface area contributed by atoms with Crippen LogP contribution in [-0.2, 0) is 0 Å². The predicted octanol–water partition coefficient (Wildman–Crippen LogP) is 7.15. The van der Waals surface area contributed by atoms with E-state index < -0.39 is 0 Å². The fourth-order valence-electron chi connectivity index (χ4n) is 4.05. The van der Waals surface area contributed by atoms with Gasteiger partial charge in [-0.25, -0.2) is 0 Å². The molecule has 0 aromatic rings. The Morgan fingerprint density at radius 2 is 1.85 bits per heavy atom. The van der Waals surface area contributed by atoms with Crippen LogP contribution in [-0.4, -0.2) is 0 Å². The van der Waals surface area contributed by atoms with Gasteiger partial charge < -0.3 is 0 Å². The Labute approximate surface area is 128 Å². The molecule has 0 bridgehead atoms. The molecule has 1 rings (SSSR count). The minimum absolute atomic E-state index is 0.878. The number of hydrogen-bond donors (Lipinski definition) is 0. The maximum Gasteiger partial charge on any atom is -0.0292 e.